The van der Waals surface area contributed by atoms with Crippen molar-refractivity contribution in [3.63, 3.8) is 0 Å². The van der Waals surface area contributed by atoms with Gasteiger partial charge in [-0.3, -0.25) is 4.79 Å². The molecule has 12 heteroatoms. The first-order valence-corrected chi connectivity index (χ1v) is 10.2. The molecule has 28 heavy (non-hydrogen) atoms. The molecule has 0 radical (unpaired) electrons. The van der Waals surface area contributed by atoms with Crippen LogP contribution in [0.4, 0.5) is 0 Å². The van der Waals surface area contributed by atoms with Crippen molar-refractivity contribution in [1.82, 2.24) is 25.5 Å². The number of hydrogen-bond donors (Lipinski definition) is 2. The van der Waals surface area contributed by atoms with Crippen LogP contribution in [0.25, 0.3) is 0 Å². The lowest BCUT2D eigenvalue weighted by Gasteiger charge is -2.15. The number of benzene rings is 1. The summed E-state index contributed by atoms with van der Waals surface area (Å²) in [5, 5.41) is 15.6. The Kier molecular flexibility index (Phi) is 11.2. The van der Waals surface area contributed by atoms with E-state index in [0.29, 0.717) is 24.7 Å². The predicted molar refractivity (Wildman–Crippen MR) is 113 cm³/mol. The van der Waals surface area contributed by atoms with E-state index in [-0.39, 0.29) is 19.0 Å². The van der Waals surface area contributed by atoms with Gasteiger partial charge in [0.1, 0.15) is 0 Å². The molecule has 0 saturated carbocycles. The number of halogens is 2. The maximum atomic E-state index is 11.0. The molecule has 9 nitrogen and oxygen atoms in total. The highest BCUT2D eigenvalue weighted by Crippen LogP contribution is 2.37. The first-order chi connectivity index (χ1) is 13.0. The van der Waals surface area contributed by atoms with Crippen molar-refractivity contribution in [2.75, 3.05) is 25.5 Å². The van der Waals surface area contributed by atoms with Crippen LogP contribution in [0.1, 0.15) is 18.9 Å². The lowest BCUT2D eigenvalue weighted by atomic mass is 10.2. The molecule has 0 unspecified atom stereocenters. The normalized spacial score (nSPS) is 10.4. The number of nitrogens with zero attached hydrogens (tertiary/aromatic N) is 4. The number of hydrogen-bond acceptors (Lipinski definition) is 8. The number of amides is 1. The Bertz CT molecular complexity index is 764. The van der Waals surface area contributed by atoms with E-state index in [1.165, 1.54) is 0 Å². The number of nitrogens with two attached hydrogens (primary N) is 1. The molecule has 1 aromatic heterocycles. The van der Waals surface area contributed by atoms with E-state index in [1.807, 2.05) is 26.1 Å². The highest BCUT2D eigenvalue weighted by molar-refractivity contribution is 9.10. The van der Waals surface area contributed by atoms with E-state index in [1.54, 1.807) is 16.4 Å². The number of aromatic nitrogens is 4. The van der Waals surface area contributed by atoms with Gasteiger partial charge in [-0.2, -0.15) is 0 Å². The Hall–Kier alpha value is -1.56. The van der Waals surface area contributed by atoms with Crippen molar-refractivity contribution in [1.29, 1.82) is 0 Å². The lowest BCUT2D eigenvalue weighted by molar-refractivity contribution is -0.119. The highest BCUT2D eigenvalue weighted by atomic mass is 79.9. The van der Waals surface area contributed by atoms with Crippen LogP contribution in [-0.2, 0) is 18.4 Å². The number of carbonyl (C=O) groups is 1. The Balaban J connectivity index is 0.00000392. The summed E-state index contributed by atoms with van der Waals surface area (Å²) in [5.41, 5.74) is 6.19. The molecule has 1 aromatic carbocycles. The van der Waals surface area contributed by atoms with Gasteiger partial charge in [-0.1, -0.05) is 11.8 Å². The molecule has 0 aliphatic heterocycles. The molecule has 2 rings (SSSR count). The van der Waals surface area contributed by atoms with Crippen LogP contribution >= 0.6 is 40.1 Å². The summed E-state index contributed by atoms with van der Waals surface area (Å²) in [4.78, 5) is 11.0. The van der Waals surface area contributed by atoms with Crippen molar-refractivity contribution in [2.24, 2.45) is 12.8 Å². The third-order valence-corrected chi connectivity index (χ3v) is 5.05. The summed E-state index contributed by atoms with van der Waals surface area (Å²) in [6, 6.07) is 3.84. The van der Waals surface area contributed by atoms with Crippen LogP contribution in [0.3, 0.4) is 0 Å². The molecule has 0 aliphatic rings. The smallest absolute Gasteiger partial charge is 0.255 e. The molecule has 0 aliphatic carbocycles. The largest absolute Gasteiger partial charge is 0.490 e. The second-order valence-electron chi connectivity index (χ2n) is 5.56. The summed E-state index contributed by atoms with van der Waals surface area (Å²) in [6.07, 6.45) is 0.983. The molecule has 0 saturated heterocycles. The summed E-state index contributed by atoms with van der Waals surface area (Å²) in [7, 11) is 1.82. The number of tetrazole rings is 1. The summed E-state index contributed by atoms with van der Waals surface area (Å²) >= 11 is 5.10. The molecule has 3 N–H and O–H groups in total. The second kappa shape index (κ2) is 12.8. The number of primary amides is 1. The standard InChI is InChI=1S/C16H23BrN6O3S.ClH/c1-3-25-13-8-11(7-12(17)15(13)26-10-14(18)24)9-19-5-4-6-27-16-20-21-22-23(16)2;/h7-8,19H,3-6,9-10H2,1-2H3,(H2,18,24);1H. The van der Waals surface area contributed by atoms with E-state index in [9.17, 15) is 4.79 Å². The average molecular weight is 496 g/mol. The maximum absolute atomic E-state index is 11.0. The molecule has 2 aromatic rings. The highest BCUT2D eigenvalue weighted by Gasteiger charge is 2.13. The number of carbonyl (C=O) groups excluding carboxylic acids is 1. The summed E-state index contributed by atoms with van der Waals surface area (Å²) in [6.45, 7) is 3.73. The van der Waals surface area contributed by atoms with Gasteiger partial charge in [0.25, 0.3) is 5.91 Å². The molecule has 0 spiro atoms. The Labute approximate surface area is 182 Å². The predicted octanol–water partition coefficient (Wildman–Crippen LogP) is 1.93. The molecule has 0 fully saturated rings. The first-order valence-electron chi connectivity index (χ1n) is 8.43. The zero-order chi connectivity index (χ0) is 19.6. The zero-order valence-electron chi connectivity index (χ0n) is 15.7. The molecular formula is C16H24BrClN6O3S. The fraction of sp³-hybridized carbons (Fsp3) is 0.500. The summed E-state index contributed by atoms with van der Waals surface area (Å²) in [5.74, 6) is 1.45. The quantitative estimate of drug-likeness (QED) is 0.339. The summed E-state index contributed by atoms with van der Waals surface area (Å²) < 4.78 is 13.5. The van der Waals surface area contributed by atoms with E-state index >= 15 is 0 Å². The molecule has 1 heterocycles. The number of thioether (sulfide) groups is 1. The third kappa shape index (κ3) is 7.82. The maximum Gasteiger partial charge on any atom is 0.255 e. The van der Waals surface area contributed by atoms with Crippen LogP contribution in [0, 0.1) is 0 Å². The van der Waals surface area contributed by atoms with Gasteiger partial charge in [0, 0.05) is 19.3 Å². The molecular weight excluding hydrogens is 472 g/mol. The fourth-order valence-electron chi connectivity index (χ4n) is 2.21. The minimum atomic E-state index is -0.537. The van der Waals surface area contributed by atoms with Crippen LogP contribution in [0.5, 0.6) is 11.5 Å². The Morgan fingerprint density at radius 2 is 2.18 bits per heavy atom. The van der Waals surface area contributed by atoms with Crippen LogP contribution in [0.2, 0.25) is 0 Å². The van der Waals surface area contributed by atoms with Crippen LogP contribution < -0.4 is 20.5 Å². The molecule has 0 atom stereocenters. The third-order valence-electron chi connectivity index (χ3n) is 3.37. The minimum absolute atomic E-state index is 0. The van der Waals surface area contributed by atoms with Gasteiger partial charge in [-0.25, -0.2) is 4.68 Å². The van der Waals surface area contributed by atoms with Gasteiger partial charge in [-0.05, 0) is 63.9 Å². The van der Waals surface area contributed by atoms with Crippen molar-refractivity contribution in [3.8, 4) is 11.5 Å². The second-order valence-corrected chi connectivity index (χ2v) is 7.47. The monoisotopic (exact) mass is 494 g/mol. The average Bonchev–Trinajstić information content (AvgIpc) is 3.02. The van der Waals surface area contributed by atoms with E-state index in [0.717, 1.165) is 33.9 Å². The number of nitrogens with one attached hydrogen (secondary N) is 1. The van der Waals surface area contributed by atoms with Crippen molar-refractivity contribution < 1.29 is 14.3 Å². The topological polar surface area (TPSA) is 117 Å². The van der Waals surface area contributed by atoms with Gasteiger partial charge < -0.3 is 20.5 Å². The van der Waals surface area contributed by atoms with Crippen molar-refractivity contribution >= 4 is 46.0 Å². The van der Waals surface area contributed by atoms with E-state index < -0.39 is 5.91 Å². The van der Waals surface area contributed by atoms with Gasteiger partial charge in [0.2, 0.25) is 5.16 Å². The van der Waals surface area contributed by atoms with E-state index in [4.69, 9.17) is 15.2 Å². The fourth-order valence-corrected chi connectivity index (χ4v) is 3.60. The van der Waals surface area contributed by atoms with Crippen LogP contribution in [-0.4, -0.2) is 51.6 Å². The number of rotatable bonds is 12. The van der Waals surface area contributed by atoms with Gasteiger partial charge in [-0.15, -0.1) is 17.5 Å². The molecule has 156 valence electrons. The van der Waals surface area contributed by atoms with Crippen molar-refractivity contribution in [2.45, 2.75) is 25.0 Å². The van der Waals surface area contributed by atoms with Gasteiger partial charge >= 0.3 is 0 Å². The number of ether oxygens (including phenoxy) is 2. The van der Waals surface area contributed by atoms with Crippen LogP contribution in [0.15, 0.2) is 21.8 Å². The van der Waals surface area contributed by atoms with E-state index in [2.05, 4.69) is 36.8 Å². The lowest BCUT2D eigenvalue weighted by Crippen LogP contribution is -2.20. The Morgan fingerprint density at radius 3 is 2.82 bits per heavy atom. The molecule has 1 amide bonds. The van der Waals surface area contributed by atoms with Crippen molar-refractivity contribution in [3.05, 3.63) is 22.2 Å². The number of aryl methyl sites for hydroxylation is 1. The zero-order valence-corrected chi connectivity index (χ0v) is 18.9. The van der Waals surface area contributed by atoms with Gasteiger partial charge in [0.15, 0.2) is 18.1 Å². The van der Waals surface area contributed by atoms with Gasteiger partial charge in [0.05, 0.1) is 11.1 Å². The minimum Gasteiger partial charge on any atom is -0.490 e. The SMILES string of the molecule is CCOc1cc(CNCCCSc2nnnn2C)cc(Br)c1OCC(N)=O.Cl. The molecule has 0 bridgehead atoms. The Morgan fingerprint density at radius 1 is 1.39 bits per heavy atom. The first kappa shape index (κ1) is 24.5.